The Hall–Kier alpha value is -0.910. The molecule has 1 aromatic rings. The smallest absolute Gasteiger partial charge is 0.241 e. The van der Waals surface area contributed by atoms with Crippen LogP contribution in [0, 0.1) is 12.8 Å². The maximum absolute atomic E-state index is 12.2. The van der Waals surface area contributed by atoms with Crippen molar-refractivity contribution >= 4 is 10.0 Å². The van der Waals surface area contributed by atoms with Gasteiger partial charge in [0.25, 0.3) is 0 Å². The second kappa shape index (κ2) is 4.99. The van der Waals surface area contributed by atoms with Gasteiger partial charge in [0.15, 0.2) is 0 Å². The summed E-state index contributed by atoms with van der Waals surface area (Å²) in [5.41, 5.74) is 1.28. The molecule has 0 amide bonds. The third kappa shape index (κ3) is 2.58. The minimum Gasteiger partial charge on any atom is -0.392 e. The lowest BCUT2D eigenvalue weighted by molar-refractivity contribution is 0.270. The lowest BCUT2D eigenvalue weighted by Crippen LogP contribution is -2.43. The zero-order chi connectivity index (χ0) is 13.3. The van der Waals surface area contributed by atoms with Crippen LogP contribution in [0.5, 0.6) is 0 Å². The molecule has 1 fully saturated rings. The van der Waals surface area contributed by atoms with Crippen LogP contribution in [0.1, 0.15) is 30.9 Å². The third-order valence-electron chi connectivity index (χ3n) is 3.55. The third-order valence-corrected chi connectivity index (χ3v) is 5.22. The molecule has 1 aliphatic rings. The standard InChI is InChI=1S/C13H19NO3S/c1-9-6-12(7-9)14-18(16,17)13-5-3-4-11(8-15)10(13)2/h3-5,9,12,14-15H,6-8H2,1-2H3. The lowest BCUT2D eigenvalue weighted by Gasteiger charge is -2.33. The summed E-state index contributed by atoms with van der Waals surface area (Å²) >= 11 is 0. The first-order chi connectivity index (χ1) is 8.44. The molecule has 0 unspecified atom stereocenters. The zero-order valence-electron chi connectivity index (χ0n) is 10.7. The molecule has 0 spiro atoms. The topological polar surface area (TPSA) is 66.4 Å². The molecule has 1 saturated carbocycles. The largest absolute Gasteiger partial charge is 0.392 e. The summed E-state index contributed by atoms with van der Waals surface area (Å²) in [6.45, 7) is 3.70. The highest BCUT2D eigenvalue weighted by Gasteiger charge is 2.30. The normalized spacial score (nSPS) is 23.7. The first-order valence-corrected chi connectivity index (χ1v) is 7.64. The van der Waals surface area contributed by atoms with E-state index in [2.05, 4.69) is 11.6 Å². The fourth-order valence-electron chi connectivity index (χ4n) is 2.40. The highest BCUT2D eigenvalue weighted by Crippen LogP contribution is 2.28. The van der Waals surface area contributed by atoms with Gasteiger partial charge in [0.05, 0.1) is 11.5 Å². The molecule has 4 nitrogen and oxygen atoms in total. The first-order valence-electron chi connectivity index (χ1n) is 6.15. The van der Waals surface area contributed by atoms with E-state index >= 15 is 0 Å². The van der Waals surface area contributed by atoms with Crippen molar-refractivity contribution in [2.24, 2.45) is 5.92 Å². The molecule has 100 valence electrons. The summed E-state index contributed by atoms with van der Waals surface area (Å²) < 4.78 is 27.2. The van der Waals surface area contributed by atoms with Gasteiger partial charge in [-0.25, -0.2) is 13.1 Å². The summed E-state index contributed by atoms with van der Waals surface area (Å²) in [7, 11) is -3.47. The molecule has 0 atom stereocenters. The van der Waals surface area contributed by atoms with Crippen molar-refractivity contribution < 1.29 is 13.5 Å². The lowest BCUT2D eigenvalue weighted by atomic mass is 9.83. The Morgan fingerprint density at radius 2 is 2.06 bits per heavy atom. The molecular formula is C13H19NO3S. The highest BCUT2D eigenvalue weighted by atomic mass is 32.2. The van der Waals surface area contributed by atoms with Crippen LogP contribution in [0.4, 0.5) is 0 Å². The monoisotopic (exact) mass is 269 g/mol. The van der Waals surface area contributed by atoms with Crippen molar-refractivity contribution in [1.29, 1.82) is 0 Å². The number of sulfonamides is 1. The van der Waals surface area contributed by atoms with Gasteiger partial charge in [-0.3, -0.25) is 0 Å². The van der Waals surface area contributed by atoms with E-state index in [1.54, 1.807) is 25.1 Å². The average Bonchev–Trinajstić information content (AvgIpc) is 2.26. The fourth-order valence-corrected chi connectivity index (χ4v) is 3.95. The number of aliphatic hydroxyl groups excluding tert-OH is 1. The van der Waals surface area contributed by atoms with Crippen LogP contribution in [0.15, 0.2) is 23.1 Å². The molecule has 1 aliphatic carbocycles. The molecule has 2 rings (SSSR count). The summed E-state index contributed by atoms with van der Waals surface area (Å²) in [6, 6.07) is 5.04. The van der Waals surface area contributed by atoms with Crippen LogP contribution in [-0.4, -0.2) is 19.6 Å². The molecule has 18 heavy (non-hydrogen) atoms. The van der Waals surface area contributed by atoms with Crippen molar-refractivity contribution in [1.82, 2.24) is 4.72 Å². The van der Waals surface area contributed by atoms with Gasteiger partial charge >= 0.3 is 0 Å². The van der Waals surface area contributed by atoms with Crippen LogP contribution >= 0.6 is 0 Å². The zero-order valence-corrected chi connectivity index (χ0v) is 11.5. The number of hydrogen-bond donors (Lipinski definition) is 2. The molecular weight excluding hydrogens is 250 g/mol. The van der Waals surface area contributed by atoms with Crippen LogP contribution < -0.4 is 4.72 Å². The van der Waals surface area contributed by atoms with Gasteiger partial charge in [-0.1, -0.05) is 19.1 Å². The van der Waals surface area contributed by atoms with Crippen molar-refractivity contribution in [3.63, 3.8) is 0 Å². The maximum Gasteiger partial charge on any atom is 0.241 e. The van der Waals surface area contributed by atoms with Crippen LogP contribution in [0.25, 0.3) is 0 Å². The number of benzene rings is 1. The second-order valence-electron chi connectivity index (χ2n) is 5.09. The van der Waals surface area contributed by atoms with Gasteiger partial charge < -0.3 is 5.11 Å². The van der Waals surface area contributed by atoms with E-state index < -0.39 is 10.0 Å². The van der Waals surface area contributed by atoms with Gasteiger partial charge in [0, 0.05) is 6.04 Å². The van der Waals surface area contributed by atoms with E-state index in [0.29, 0.717) is 17.0 Å². The molecule has 0 radical (unpaired) electrons. The Morgan fingerprint density at radius 3 is 2.61 bits per heavy atom. The quantitative estimate of drug-likeness (QED) is 0.872. The number of hydrogen-bond acceptors (Lipinski definition) is 3. The molecule has 0 aromatic heterocycles. The first kappa shape index (κ1) is 13.5. The Kier molecular flexibility index (Phi) is 3.75. The van der Waals surface area contributed by atoms with E-state index in [4.69, 9.17) is 5.11 Å². The fraction of sp³-hybridized carbons (Fsp3) is 0.538. The SMILES string of the molecule is Cc1c(CO)cccc1S(=O)(=O)NC1CC(C)C1. The molecule has 1 aromatic carbocycles. The summed E-state index contributed by atoms with van der Waals surface area (Å²) in [5, 5.41) is 9.17. The van der Waals surface area contributed by atoms with Gasteiger partial charge in [-0.15, -0.1) is 0 Å². The van der Waals surface area contributed by atoms with Crippen molar-refractivity contribution in [3.8, 4) is 0 Å². The predicted octanol–water partition coefficient (Wildman–Crippen LogP) is 1.56. The van der Waals surface area contributed by atoms with E-state index in [-0.39, 0.29) is 17.5 Å². The van der Waals surface area contributed by atoms with E-state index in [9.17, 15) is 8.42 Å². The number of aliphatic hydroxyl groups is 1. The van der Waals surface area contributed by atoms with Crippen molar-refractivity contribution in [3.05, 3.63) is 29.3 Å². The van der Waals surface area contributed by atoms with Crippen LogP contribution in [0.2, 0.25) is 0 Å². The highest BCUT2D eigenvalue weighted by molar-refractivity contribution is 7.89. The molecule has 0 bridgehead atoms. The van der Waals surface area contributed by atoms with Gasteiger partial charge in [-0.05, 0) is 42.9 Å². The summed E-state index contributed by atoms with van der Waals surface area (Å²) in [4.78, 5) is 0.272. The Morgan fingerprint density at radius 1 is 1.39 bits per heavy atom. The molecule has 0 aliphatic heterocycles. The van der Waals surface area contributed by atoms with Gasteiger partial charge in [0.1, 0.15) is 0 Å². The Labute approximate surface area is 108 Å². The van der Waals surface area contributed by atoms with E-state index in [0.717, 1.165) is 12.8 Å². The molecule has 5 heteroatoms. The summed E-state index contributed by atoms with van der Waals surface area (Å²) in [6.07, 6.45) is 1.80. The second-order valence-corrected chi connectivity index (χ2v) is 6.78. The minimum absolute atomic E-state index is 0.0576. The summed E-state index contributed by atoms with van der Waals surface area (Å²) in [5.74, 6) is 0.600. The Bertz CT molecular complexity index is 533. The van der Waals surface area contributed by atoms with E-state index in [1.165, 1.54) is 0 Å². The van der Waals surface area contributed by atoms with Crippen molar-refractivity contribution in [2.45, 2.75) is 44.2 Å². The van der Waals surface area contributed by atoms with Gasteiger partial charge in [0.2, 0.25) is 10.0 Å². The number of nitrogens with one attached hydrogen (secondary N) is 1. The van der Waals surface area contributed by atoms with Crippen LogP contribution in [0.3, 0.4) is 0 Å². The maximum atomic E-state index is 12.2. The van der Waals surface area contributed by atoms with E-state index in [1.807, 2.05) is 0 Å². The van der Waals surface area contributed by atoms with Gasteiger partial charge in [-0.2, -0.15) is 0 Å². The minimum atomic E-state index is -3.47. The number of rotatable bonds is 4. The molecule has 2 N–H and O–H groups in total. The molecule has 0 heterocycles. The average molecular weight is 269 g/mol. The predicted molar refractivity (Wildman–Crippen MR) is 69.6 cm³/mol. The van der Waals surface area contributed by atoms with Crippen molar-refractivity contribution in [2.75, 3.05) is 0 Å². The molecule has 0 saturated heterocycles. The Balaban J connectivity index is 2.24. The van der Waals surface area contributed by atoms with Crippen LogP contribution in [-0.2, 0) is 16.6 Å².